The maximum atomic E-state index is 12.9. The number of piperazine rings is 1. The van der Waals surface area contributed by atoms with Gasteiger partial charge < -0.3 is 14.4 Å². The molecule has 2 amide bonds. The van der Waals surface area contributed by atoms with Gasteiger partial charge >= 0.3 is 0 Å². The van der Waals surface area contributed by atoms with Gasteiger partial charge in [-0.25, -0.2) is 0 Å². The SMILES string of the molecule is CCCn1c(C)c(CC(=O)N2CCN(C)C(=O)C2)c2c1CC(C)(C)CC2=O. The lowest BCUT2D eigenvalue weighted by atomic mass is 9.75. The van der Waals surface area contributed by atoms with Crippen molar-refractivity contribution < 1.29 is 14.4 Å². The van der Waals surface area contributed by atoms with Gasteiger partial charge in [-0.15, -0.1) is 0 Å². The van der Waals surface area contributed by atoms with Crippen molar-refractivity contribution in [2.75, 3.05) is 26.7 Å². The Bertz CT molecular complexity index is 791. The second-order valence-corrected chi connectivity index (χ2v) is 8.79. The molecule has 0 unspecified atom stereocenters. The van der Waals surface area contributed by atoms with Crippen LogP contribution in [-0.2, 0) is 29.0 Å². The van der Waals surface area contributed by atoms with Crippen LogP contribution in [-0.4, -0.2) is 58.6 Å². The molecule has 0 radical (unpaired) electrons. The van der Waals surface area contributed by atoms with Gasteiger partial charge in [0.25, 0.3) is 0 Å². The number of aromatic nitrogens is 1. The Labute approximate surface area is 161 Å². The lowest BCUT2D eigenvalue weighted by molar-refractivity contribution is -0.143. The second-order valence-electron chi connectivity index (χ2n) is 8.79. The molecule has 1 aliphatic heterocycles. The Kier molecular flexibility index (Phi) is 5.19. The third kappa shape index (κ3) is 3.66. The average Bonchev–Trinajstić information content (AvgIpc) is 2.82. The number of amides is 2. The molecule has 0 N–H and O–H groups in total. The Morgan fingerprint density at radius 2 is 1.85 bits per heavy atom. The molecule has 0 aromatic carbocycles. The van der Waals surface area contributed by atoms with Crippen molar-refractivity contribution in [2.45, 2.75) is 59.9 Å². The molecule has 1 aromatic heterocycles. The fourth-order valence-electron chi connectivity index (χ4n) is 4.38. The van der Waals surface area contributed by atoms with Crippen molar-refractivity contribution in [2.24, 2.45) is 5.41 Å². The molecule has 0 bridgehead atoms. The first-order valence-electron chi connectivity index (χ1n) is 9.90. The normalized spacial score (nSPS) is 19.4. The second kappa shape index (κ2) is 7.13. The number of fused-ring (bicyclic) bond motifs is 1. The standard InChI is InChI=1S/C21H31N3O3/c1-6-7-24-14(2)15(20-16(24)11-21(3,4)12-17(20)25)10-18(26)23-9-8-22(5)19(27)13-23/h6-13H2,1-5H3. The van der Waals surface area contributed by atoms with Crippen LogP contribution in [0.25, 0.3) is 0 Å². The minimum Gasteiger partial charge on any atom is -0.348 e. The fraction of sp³-hybridized carbons (Fsp3) is 0.667. The molecule has 6 heteroatoms. The predicted molar refractivity (Wildman–Crippen MR) is 104 cm³/mol. The zero-order valence-corrected chi connectivity index (χ0v) is 17.2. The van der Waals surface area contributed by atoms with Crippen molar-refractivity contribution in [3.8, 4) is 0 Å². The largest absolute Gasteiger partial charge is 0.348 e. The van der Waals surface area contributed by atoms with Crippen LogP contribution in [0.1, 0.15) is 60.9 Å². The first kappa shape index (κ1) is 19.6. The maximum Gasteiger partial charge on any atom is 0.241 e. The highest BCUT2D eigenvalue weighted by Gasteiger charge is 2.37. The smallest absolute Gasteiger partial charge is 0.241 e. The van der Waals surface area contributed by atoms with E-state index in [0.717, 1.165) is 41.9 Å². The van der Waals surface area contributed by atoms with Crippen molar-refractivity contribution in [1.82, 2.24) is 14.4 Å². The minimum absolute atomic E-state index is 0.0327. The number of hydrogen-bond acceptors (Lipinski definition) is 3. The minimum atomic E-state index is -0.0615. The summed E-state index contributed by atoms with van der Waals surface area (Å²) >= 11 is 0. The Hall–Kier alpha value is -2.11. The van der Waals surface area contributed by atoms with Gasteiger partial charge in [0.15, 0.2) is 5.78 Å². The molecular formula is C21H31N3O3. The Balaban J connectivity index is 1.93. The van der Waals surface area contributed by atoms with E-state index in [0.29, 0.717) is 19.5 Å². The van der Waals surface area contributed by atoms with Gasteiger partial charge in [-0.3, -0.25) is 14.4 Å². The van der Waals surface area contributed by atoms with Crippen LogP contribution in [0.15, 0.2) is 0 Å². The number of carbonyl (C=O) groups excluding carboxylic acids is 3. The molecule has 1 fully saturated rings. The first-order chi connectivity index (χ1) is 12.6. The van der Waals surface area contributed by atoms with Crippen molar-refractivity contribution in [3.63, 3.8) is 0 Å². The predicted octanol–water partition coefficient (Wildman–Crippen LogP) is 2.20. The fourth-order valence-corrected chi connectivity index (χ4v) is 4.38. The zero-order valence-electron chi connectivity index (χ0n) is 17.2. The van der Waals surface area contributed by atoms with Gasteiger partial charge in [-0.1, -0.05) is 20.8 Å². The summed E-state index contributed by atoms with van der Waals surface area (Å²) in [4.78, 5) is 41.1. The molecule has 0 saturated carbocycles. The topological polar surface area (TPSA) is 62.6 Å². The quantitative estimate of drug-likeness (QED) is 0.813. The molecule has 6 nitrogen and oxygen atoms in total. The van der Waals surface area contributed by atoms with E-state index in [1.165, 1.54) is 0 Å². The van der Waals surface area contributed by atoms with E-state index >= 15 is 0 Å². The summed E-state index contributed by atoms with van der Waals surface area (Å²) < 4.78 is 2.24. The molecule has 3 rings (SSSR count). The van der Waals surface area contributed by atoms with Crippen molar-refractivity contribution in [1.29, 1.82) is 0 Å². The molecule has 1 saturated heterocycles. The van der Waals surface area contributed by atoms with Crippen molar-refractivity contribution in [3.05, 3.63) is 22.5 Å². The lowest BCUT2D eigenvalue weighted by Crippen LogP contribution is -2.51. The number of rotatable bonds is 4. The summed E-state index contributed by atoms with van der Waals surface area (Å²) in [5, 5.41) is 0. The summed E-state index contributed by atoms with van der Waals surface area (Å²) in [6.07, 6.45) is 2.56. The van der Waals surface area contributed by atoms with E-state index in [9.17, 15) is 14.4 Å². The van der Waals surface area contributed by atoms with Crippen LogP contribution in [0.5, 0.6) is 0 Å². The van der Waals surface area contributed by atoms with Gasteiger partial charge in [-0.05, 0) is 30.7 Å². The molecular weight excluding hydrogens is 342 g/mol. The van der Waals surface area contributed by atoms with Gasteiger partial charge in [-0.2, -0.15) is 0 Å². The van der Waals surface area contributed by atoms with E-state index in [1.54, 1.807) is 16.8 Å². The van der Waals surface area contributed by atoms with Crippen LogP contribution in [0.4, 0.5) is 0 Å². The third-order valence-electron chi connectivity index (χ3n) is 5.91. The summed E-state index contributed by atoms with van der Waals surface area (Å²) in [5.74, 6) is 0.0554. The van der Waals surface area contributed by atoms with Crippen molar-refractivity contribution >= 4 is 17.6 Å². The highest BCUT2D eigenvalue weighted by molar-refractivity contribution is 6.02. The highest BCUT2D eigenvalue weighted by Crippen LogP contribution is 2.39. The molecule has 0 atom stereocenters. The van der Waals surface area contributed by atoms with Gasteiger partial charge in [0.05, 0.1) is 13.0 Å². The van der Waals surface area contributed by atoms with E-state index in [-0.39, 0.29) is 36.0 Å². The summed E-state index contributed by atoms with van der Waals surface area (Å²) in [7, 11) is 1.76. The number of likely N-dealkylation sites (N-methyl/N-ethyl adjacent to an activating group) is 1. The third-order valence-corrected chi connectivity index (χ3v) is 5.91. The lowest BCUT2D eigenvalue weighted by Gasteiger charge is -2.32. The summed E-state index contributed by atoms with van der Waals surface area (Å²) in [5.41, 5.74) is 3.71. The number of ketones is 1. The molecule has 27 heavy (non-hydrogen) atoms. The summed E-state index contributed by atoms with van der Waals surface area (Å²) in [6, 6.07) is 0. The molecule has 148 valence electrons. The summed E-state index contributed by atoms with van der Waals surface area (Å²) in [6.45, 7) is 10.5. The zero-order chi connectivity index (χ0) is 19.9. The molecule has 2 heterocycles. The van der Waals surface area contributed by atoms with E-state index in [4.69, 9.17) is 0 Å². The average molecular weight is 373 g/mol. The van der Waals surface area contributed by atoms with Crippen LogP contribution < -0.4 is 0 Å². The van der Waals surface area contributed by atoms with Crippen LogP contribution in [0.2, 0.25) is 0 Å². The molecule has 0 spiro atoms. The number of carbonyl (C=O) groups is 3. The highest BCUT2D eigenvalue weighted by atomic mass is 16.2. The Morgan fingerprint density at radius 1 is 1.15 bits per heavy atom. The number of Topliss-reactive ketones (excluding diaryl/α,β-unsaturated/α-hetero) is 1. The van der Waals surface area contributed by atoms with Gasteiger partial charge in [0.1, 0.15) is 0 Å². The van der Waals surface area contributed by atoms with Crippen LogP contribution in [0.3, 0.4) is 0 Å². The van der Waals surface area contributed by atoms with E-state index in [2.05, 4.69) is 25.3 Å². The van der Waals surface area contributed by atoms with Gasteiger partial charge in [0.2, 0.25) is 11.8 Å². The maximum absolute atomic E-state index is 12.9. The first-order valence-corrected chi connectivity index (χ1v) is 9.90. The number of hydrogen-bond donors (Lipinski definition) is 0. The van der Waals surface area contributed by atoms with Crippen LogP contribution >= 0.6 is 0 Å². The number of nitrogens with zero attached hydrogens (tertiary/aromatic N) is 3. The van der Waals surface area contributed by atoms with Crippen LogP contribution in [0, 0.1) is 12.3 Å². The molecule has 1 aliphatic carbocycles. The van der Waals surface area contributed by atoms with E-state index < -0.39 is 0 Å². The van der Waals surface area contributed by atoms with E-state index in [1.807, 2.05) is 6.92 Å². The molecule has 1 aromatic rings. The molecule has 2 aliphatic rings. The monoisotopic (exact) mass is 373 g/mol. The Morgan fingerprint density at radius 3 is 2.48 bits per heavy atom. The van der Waals surface area contributed by atoms with Gasteiger partial charge in [0, 0.05) is 50.1 Å².